The van der Waals surface area contributed by atoms with E-state index in [1.54, 1.807) is 0 Å². The highest BCUT2D eigenvalue weighted by atomic mass is 16.3. The molecule has 4 aromatic carbocycles. The molecule has 4 aromatic rings. The summed E-state index contributed by atoms with van der Waals surface area (Å²) in [6, 6.07) is 29.5. The van der Waals surface area contributed by atoms with Crippen LogP contribution in [0.2, 0.25) is 0 Å². The summed E-state index contributed by atoms with van der Waals surface area (Å²) in [5.74, 6) is 1.19. The SMILES string of the molecule is Oc1ccc2c(c1)[C@@H]1c3ccccc3[C@H]2[C@@H]2c3ccccc3[C@H]1c1cc(O)ccc12. The van der Waals surface area contributed by atoms with Gasteiger partial charge >= 0.3 is 0 Å². The van der Waals surface area contributed by atoms with Gasteiger partial charge in [0.15, 0.2) is 0 Å². The molecule has 4 bridgehead atoms. The van der Waals surface area contributed by atoms with Crippen LogP contribution in [0.5, 0.6) is 11.5 Å². The largest absolute Gasteiger partial charge is 0.508 e. The highest BCUT2D eigenvalue weighted by molar-refractivity contribution is 5.68. The van der Waals surface area contributed by atoms with E-state index in [-0.39, 0.29) is 23.7 Å². The van der Waals surface area contributed by atoms with Gasteiger partial charge in [0.05, 0.1) is 0 Å². The minimum absolute atomic E-state index is 0.0995. The van der Waals surface area contributed by atoms with E-state index in [0.717, 1.165) is 0 Å². The van der Waals surface area contributed by atoms with Crippen LogP contribution in [0.4, 0.5) is 0 Å². The van der Waals surface area contributed by atoms with Crippen LogP contribution in [-0.2, 0) is 0 Å². The summed E-state index contributed by atoms with van der Waals surface area (Å²) in [5.41, 5.74) is 10.6. The second-order valence-corrected chi connectivity index (χ2v) is 8.79. The van der Waals surface area contributed by atoms with E-state index in [1.807, 2.05) is 24.3 Å². The molecule has 10 rings (SSSR count). The van der Waals surface area contributed by atoms with Gasteiger partial charge in [-0.25, -0.2) is 0 Å². The molecular weight excluding hydrogens is 368 g/mol. The molecule has 0 aromatic heterocycles. The highest BCUT2D eigenvalue weighted by Crippen LogP contribution is 2.64. The lowest BCUT2D eigenvalue weighted by Gasteiger charge is -2.50. The first-order chi connectivity index (χ1) is 14.7. The summed E-state index contributed by atoms with van der Waals surface area (Å²) in [4.78, 5) is 0. The lowest BCUT2D eigenvalue weighted by atomic mass is 9.53. The number of benzene rings is 4. The first-order valence-corrected chi connectivity index (χ1v) is 10.6. The van der Waals surface area contributed by atoms with E-state index < -0.39 is 0 Å². The Morgan fingerprint density at radius 3 is 1.03 bits per heavy atom. The number of phenolic OH excluding ortho intramolecular Hbond substituents is 2. The normalized spacial score (nSPS) is 24.3. The van der Waals surface area contributed by atoms with E-state index in [1.165, 1.54) is 44.5 Å². The van der Waals surface area contributed by atoms with Crippen LogP contribution in [0.15, 0.2) is 84.9 Å². The molecule has 0 fully saturated rings. The second-order valence-electron chi connectivity index (χ2n) is 8.79. The van der Waals surface area contributed by atoms with Crippen LogP contribution in [-0.4, -0.2) is 10.2 Å². The molecule has 0 radical (unpaired) electrons. The summed E-state index contributed by atoms with van der Waals surface area (Å²) >= 11 is 0. The van der Waals surface area contributed by atoms with Crippen LogP contribution < -0.4 is 0 Å². The van der Waals surface area contributed by atoms with E-state index in [4.69, 9.17) is 0 Å². The minimum Gasteiger partial charge on any atom is -0.508 e. The van der Waals surface area contributed by atoms with Gasteiger partial charge in [0.1, 0.15) is 11.5 Å². The number of aromatic hydroxyl groups is 2. The molecule has 4 atom stereocenters. The summed E-state index contributed by atoms with van der Waals surface area (Å²) in [6.45, 7) is 0. The molecule has 144 valence electrons. The van der Waals surface area contributed by atoms with Crippen LogP contribution in [0, 0.1) is 0 Å². The molecule has 0 spiro atoms. The van der Waals surface area contributed by atoms with Crippen molar-refractivity contribution < 1.29 is 10.2 Å². The predicted molar refractivity (Wildman–Crippen MR) is 116 cm³/mol. The van der Waals surface area contributed by atoms with E-state index in [9.17, 15) is 10.2 Å². The quantitative estimate of drug-likeness (QED) is 0.390. The summed E-state index contributed by atoms with van der Waals surface area (Å²) in [5, 5.41) is 20.8. The van der Waals surface area contributed by atoms with Gasteiger partial charge in [-0.3, -0.25) is 0 Å². The Bertz CT molecular complexity index is 1250. The Morgan fingerprint density at radius 2 is 0.667 bits per heavy atom. The van der Waals surface area contributed by atoms with Gasteiger partial charge in [-0.05, 0) is 68.8 Å². The molecule has 0 saturated heterocycles. The lowest BCUT2D eigenvalue weighted by molar-refractivity contribution is 0.463. The Morgan fingerprint density at radius 1 is 0.367 bits per heavy atom. The van der Waals surface area contributed by atoms with Gasteiger partial charge in [-0.15, -0.1) is 0 Å². The van der Waals surface area contributed by atoms with E-state index in [0.29, 0.717) is 11.5 Å². The fourth-order valence-electron chi connectivity index (χ4n) is 6.49. The number of hydrogen-bond acceptors (Lipinski definition) is 2. The van der Waals surface area contributed by atoms with Gasteiger partial charge in [0, 0.05) is 23.7 Å². The zero-order valence-corrected chi connectivity index (χ0v) is 16.3. The van der Waals surface area contributed by atoms with Crippen molar-refractivity contribution >= 4 is 0 Å². The van der Waals surface area contributed by atoms with Crippen LogP contribution >= 0.6 is 0 Å². The van der Waals surface area contributed by atoms with Gasteiger partial charge in [-0.1, -0.05) is 60.7 Å². The highest BCUT2D eigenvalue weighted by Gasteiger charge is 2.49. The molecule has 6 aliphatic carbocycles. The molecule has 2 nitrogen and oxygen atoms in total. The maximum absolute atomic E-state index is 10.4. The first kappa shape index (κ1) is 16.3. The maximum Gasteiger partial charge on any atom is 0.115 e. The smallest absolute Gasteiger partial charge is 0.115 e. The molecule has 0 unspecified atom stereocenters. The topological polar surface area (TPSA) is 40.5 Å². The van der Waals surface area contributed by atoms with Crippen molar-refractivity contribution in [3.05, 3.63) is 129 Å². The van der Waals surface area contributed by atoms with Crippen molar-refractivity contribution in [1.29, 1.82) is 0 Å². The molecule has 0 aliphatic heterocycles. The molecule has 2 heteroatoms. The van der Waals surface area contributed by atoms with Crippen molar-refractivity contribution in [2.75, 3.05) is 0 Å². The summed E-state index contributed by atoms with van der Waals surface area (Å²) < 4.78 is 0. The maximum atomic E-state index is 10.4. The Hall–Kier alpha value is -3.52. The predicted octanol–water partition coefficient (Wildman–Crippen LogP) is 5.97. The molecule has 0 heterocycles. The number of phenols is 2. The molecule has 2 N–H and O–H groups in total. The van der Waals surface area contributed by atoms with Crippen LogP contribution in [0.1, 0.15) is 68.2 Å². The monoisotopic (exact) mass is 388 g/mol. The molecule has 0 amide bonds. The molecular formula is C28H20O2. The average Bonchev–Trinajstić information content (AvgIpc) is 2.75. The van der Waals surface area contributed by atoms with E-state index >= 15 is 0 Å². The van der Waals surface area contributed by atoms with Crippen LogP contribution in [0.25, 0.3) is 0 Å². The molecule has 0 saturated carbocycles. The van der Waals surface area contributed by atoms with Crippen molar-refractivity contribution in [1.82, 2.24) is 0 Å². The van der Waals surface area contributed by atoms with Gasteiger partial charge < -0.3 is 10.2 Å². The number of hydrogen-bond donors (Lipinski definition) is 2. The first-order valence-electron chi connectivity index (χ1n) is 10.6. The summed E-state index contributed by atoms with van der Waals surface area (Å²) in [7, 11) is 0. The summed E-state index contributed by atoms with van der Waals surface area (Å²) in [6.07, 6.45) is 0. The molecule has 6 aliphatic rings. The Labute approximate surface area is 175 Å². The van der Waals surface area contributed by atoms with Gasteiger partial charge in [-0.2, -0.15) is 0 Å². The number of rotatable bonds is 0. The Balaban J connectivity index is 1.68. The van der Waals surface area contributed by atoms with Crippen molar-refractivity contribution in [3.8, 4) is 11.5 Å². The van der Waals surface area contributed by atoms with Crippen molar-refractivity contribution in [2.45, 2.75) is 23.7 Å². The fraction of sp³-hybridized carbons (Fsp3) is 0.143. The third-order valence-corrected chi connectivity index (χ3v) is 7.48. The average molecular weight is 388 g/mol. The third kappa shape index (κ3) is 1.89. The van der Waals surface area contributed by atoms with Crippen LogP contribution in [0.3, 0.4) is 0 Å². The molecule has 30 heavy (non-hydrogen) atoms. The zero-order valence-electron chi connectivity index (χ0n) is 16.3. The van der Waals surface area contributed by atoms with E-state index in [2.05, 4.69) is 60.7 Å². The van der Waals surface area contributed by atoms with Gasteiger partial charge in [0.25, 0.3) is 0 Å². The standard InChI is InChI=1S/C28H20O2/c29-15-9-11-21-23(13-15)27-19-7-3-1-5-17(19)25(21)26-18-6-2-4-8-20(18)28(27)24-14-16(30)10-12-22(24)26/h1-14,25-30H/t25-,26-,27+,28+/m1/s1. The third-order valence-electron chi connectivity index (χ3n) is 7.48. The Kier molecular flexibility index (Phi) is 3.01. The van der Waals surface area contributed by atoms with Gasteiger partial charge in [0.2, 0.25) is 0 Å². The lowest BCUT2D eigenvalue weighted by Crippen LogP contribution is -2.35. The second kappa shape index (κ2) is 5.54. The minimum atomic E-state index is 0.0995. The van der Waals surface area contributed by atoms with Crippen molar-refractivity contribution in [2.24, 2.45) is 0 Å². The fourth-order valence-corrected chi connectivity index (χ4v) is 6.49. The van der Waals surface area contributed by atoms with Crippen molar-refractivity contribution in [3.63, 3.8) is 0 Å². The zero-order chi connectivity index (χ0) is 20.0.